The number of hydrogen-bond acceptors (Lipinski definition) is 5. The lowest BCUT2D eigenvalue weighted by Crippen LogP contribution is -2.48. The summed E-state index contributed by atoms with van der Waals surface area (Å²) in [5.41, 5.74) is 1.14. The highest BCUT2D eigenvalue weighted by molar-refractivity contribution is 7.89. The Hall–Kier alpha value is -1.93. The van der Waals surface area contributed by atoms with Crippen molar-refractivity contribution in [2.45, 2.75) is 37.9 Å². The number of hydrogen-bond donors (Lipinski definition) is 0. The Kier molecular flexibility index (Phi) is 6.09. The molecule has 0 amide bonds. The van der Waals surface area contributed by atoms with Crippen molar-refractivity contribution < 1.29 is 22.7 Å². The van der Waals surface area contributed by atoms with Crippen molar-refractivity contribution in [3.8, 4) is 5.75 Å². The maximum Gasteiger partial charge on any atom is 0.343 e. The largest absolute Gasteiger partial charge is 0.421 e. The van der Waals surface area contributed by atoms with E-state index in [9.17, 15) is 13.2 Å². The molecule has 3 rings (SSSR count). The van der Waals surface area contributed by atoms with E-state index >= 15 is 0 Å². The minimum Gasteiger partial charge on any atom is -0.421 e. The number of ether oxygens (including phenoxy) is 2. The first-order chi connectivity index (χ1) is 13.2. The minimum absolute atomic E-state index is 0.124. The van der Waals surface area contributed by atoms with E-state index in [-0.39, 0.29) is 28.4 Å². The number of sulfonamides is 1. The van der Waals surface area contributed by atoms with E-state index in [1.165, 1.54) is 28.6 Å². The fourth-order valence-corrected chi connectivity index (χ4v) is 4.83. The summed E-state index contributed by atoms with van der Waals surface area (Å²) in [6.07, 6.45) is -0.348. The van der Waals surface area contributed by atoms with Crippen LogP contribution < -0.4 is 4.74 Å². The van der Waals surface area contributed by atoms with E-state index in [1.807, 2.05) is 26.8 Å². The van der Waals surface area contributed by atoms with Gasteiger partial charge in [-0.25, -0.2) is 13.2 Å². The van der Waals surface area contributed by atoms with E-state index in [1.54, 1.807) is 12.1 Å². The second-order valence-corrected chi connectivity index (χ2v) is 9.27. The third-order valence-corrected chi connectivity index (χ3v) is 6.56. The smallest absolute Gasteiger partial charge is 0.343 e. The molecule has 2 aromatic carbocycles. The zero-order valence-electron chi connectivity index (χ0n) is 15.9. The van der Waals surface area contributed by atoms with E-state index in [0.29, 0.717) is 18.1 Å². The summed E-state index contributed by atoms with van der Waals surface area (Å²) in [5, 5.41) is 0.328. The van der Waals surface area contributed by atoms with Gasteiger partial charge in [-0.15, -0.1) is 0 Å². The SMILES string of the molecule is Cc1ccc(Cl)c(OC(=O)c2ccc(S(=O)(=O)N3CC(C)OC(C)C3)cc2)c1. The molecule has 1 aliphatic heterocycles. The molecule has 8 heteroatoms. The number of rotatable bonds is 4. The van der Waals surface area contributed by atoms with Gasteiger partial charge in [0.15, 0.2) is 0 Å². The van der Waals surface area contributed by atoms with E-state index in [2.05, 4.69) is 0 Å². The Morgan fingerprint density at radius 3 is 2.32 bits per heavy atom. The highest BCUT2D eigenvalue weighted by Gasteiger charge is 2.32. The van der Waals surface area contributed by atoms with Crippen molar-refractivity contribution in [2.75, 3.05) is 13.1 Å². The van der Waals surface area contributed by atoms with E-state index in [0.717, 1.165) is 5.56 Å². The van der Waals surface area contributed by atoms with Gasteiger partial charge >= 0.3 is 5.97 Å². The molecule has 0 bridgehead atoms. The summed E-state index contributed by atoms with van der Waals surface area (Å²) in [5.74, 6) is -0.343. The molecule has 0 radical (unpaired) electrons. The Morgan fingerprint density at radius 1 is 1.11 bits per heavy atom. The van der Waals surface area contributed by atoms with Crippen LogP contribution in [-0.4, -0.2) is 44.0 Å². The molecule has 0 spiro atoms. The van der Waals surface area contributed by atoms with Gasteiger partial charge in [-0.3, -0.25) is 0 Å². The van der Waals surface area contributed by atoms with Gasteiger partial charge in [0.1, 0.15) is 5.75 Å². The number of morpholine rings is 1. The first kappa shape index (κ1) is 20.8. The highest BCUT2D eigenvalue weighted by Crippen LogP contribution is 2.27. The fraction of sp³-hybridized carbons (Fsp3) is 0.350. The van der Waals surface area contributed by atoms with Crippen LogP contribution in [0, 0.1) is 6.92 Å². The summed E-state index contributed by atoms with van der Waals surface area (Å²) in [6, 6.07) is 10.8. The lowest BCUT2D eigenvalue weighted by molar-refractivity contribution is -0.0440. The summed E-state index contributed by atoms with van der Waals surface area (Å²) < 4.78 is 38.1. The third-order valence-electron chi connectivity index (χ3n) is 4.40. The number of esters is 1. The molecule has 0 saturated carbocycles. The van der Waals surface area contributed by atoms with Gasteiger partial charge in [0, 0.05) is 13.1 Å². The zero-order valence-corrected chi connectivity index (χ0v) is 17.5. The number of carbonyl (C=O) groups is 1. The molecule has 1 saturated heterocycles. The number of halogens is 1. The monoisotopic (exact) mass is 423 g/mol. The molecule has 1 heterocycles. The topological polar surface area (TPSA) is 72.9 Å². The molecule has 2 atom stereocenters. The second-order valence-electron chi connectivity index (χ2n) is 6.93. The van der Waals surface area contributed by atoms with Crippen molar-refractivity contribution in [3.05, 3.63) is 58.6 Å². The molecule has 0 aliphatic carbocycles. The van der Waals surface area contributed by atoms with Crippen LogP contribution in [0.2, 0.25) is 5.02 Å². The Morgan fingerprint density at radius 2 is 1.71 bits per heavy atom. The van der Waals surface area contributed by atoms with Crippen LogP contribution in [0.4, 0.5) is 0 Å². The summed E-state index contributed by atoms with van der Waals surface area (Å²) >= 11 is 6.05. The molecule has 1 fully saturated rings. The van der Waals surface area contributed by atoms with E-state index in [4.69, 9.17) is 21.1 Å². The number of carbonyl (C=O) groups excluding carboxylic acids is 1. The molecule has 6 nitrogen and oxygen atoms in total. The van der Waals surface area contributed by atoms with E-state index < -0.39 is 16.0 Å². The van der Waals surface area contributed by atoms with Crippen molar-refractivity contribution in [2.24, 2.45) is 0 Å². The summed E-state index contributed by atoms with van der Waals surface area (Å²) in [7, 11) is -3.66. The van der Waals surface area contributed by atoms with Crippen molar-refractivity contribution in [1.82, 2.24) is 4.31 Å². The Balaban J connectivity index is 1.77. The van der Waals surface area contributed by atoms with Crippen LogP contribution in [0.25, 0.3) is 0 Å². The molecular formula is C20H22ClNO5S. The van der Waals surface area contributed by atoms with Gasteiger partial charge < -0.3 is 9.47 Å². The van der Waals surface area contributed by atoms with Crippen molar-refractivity contribution >= 4 is 27.6 Å². The maximum absolute atomic E-state index is 12.9. The van der Waals surface area contributed by atoms with Crippen LogP contribution in [0.5, 0.6) is 5.75 Å². The molecule has 1 aliphatic rings. The van der Waals surface area contributed by atoms with Gasteiger partial charge in [0.2, 0.25) is 10.0 Å². The van der Waals surface area contributed by atoms with Gasteiger partial charge in [0.05, 0.1) is 27.7 Å². The molecular weight excluding hydrogens is 402 g/mol. The van der Waals surface area contributed by atoms with Gasteiger partial charge in [-0.1, -0.05) is 17.7 Å². The Labute approximate surface area is 170 Å². The number of benzene rings is 2. The maximum atomic E-state index is 12.9. The molecule has 150 valence electrons. The molecule has 28 heavy (non-hydrogen) atoms. The first-order valence-electron chi connectivity index (χ1n) is 8.91. The predicted molar refractivity (Wildman–Crippen MR) is 106 cm³/mol. The number of nitrogens with zero attached hydrogens (tertiary/aromatic N) is 1. The Bertz CT molecular complexity index is 965. The third kappa shape index (κ3) is 4.55. The van der Waals surface area contributed by atoms with Crippen LogP contribution >= 0.6 is 11.6 Å². The lowest BCUT2D eigenvalue weighted by atomic mass is 10.2. The lowest BCUT2D eigenvalue weighted by Gasteiger charge is -2.34. The van der Waals surface area contributed by atoms with Gasteiger partial charge in [0.25, 0.3) is 0 Å². The van der Waals surface area contributed by atoms with Gasteiger partial charge in [-0.05, 0) is 62.7 Å². The molecule has 0 N–H and O–H groups in total. The van der Waals surface area contributed by atoms with Crippen LogP contribution in [-0.2, 0) is 14.8 Å². The quantitative estimate of drug-likeness (QED) is 0.554. The summed E-state index contributed by atoms with van der Waals surface area (Å²) in [6.45, 7) is 6.13. The zero-order chi connectivity index (χ0) is 20.5. The normalized spacial score (nSPS) is 20.7. The van der Waals surface area contributed by atoms with Crippen molar-refractivity contribution in [1.29, 1.82) is 0 Å². The van der Waals surface area contributed by atoms with Crippen LogP contribution in [0.3, 0.4) is 0 Å². The first-order valence-corrected chi connectivity index (χ1v) is 10.7. The van der Waals surface area contributed by atoms with Crippen LogP contribution in [0.1, 0.15) is 29.8 Å². The predicted octanol–water partition coefficient (Wildman–Crippen LogP) is 3.67. The number of aryl methyl sites for hydroxylation is 1. The fourth-order valence-electron chi connectivity index (χ4n) is 3.09. The van der Waals surface area contributed by atoms with Crippen LogP contribution in [0.15, 0.2) is 47.4 Å². The van der Waals surface area contributed by atoms with Gasteiger partial charge in [-0.2, -0.15) is 4.31 Å². The standard InChI is InChI=1S/C20H22ClNO5S/c1-13-4-9-18(21)19(10-13)27-20(23)16-5-7-17(8-6-16)28(24,25)22-11-14(2)26-15(3)12-22/h4-10,14-15H,11-12H2,1-3H3. The van der Waals surface area contributed by atoms with Crippen molar-refractivity contribution in [3.63, 3.8) is 0 Å². The molecule has 2 aromatic rings. The summed E-state index contributed by atoms with van der Waals surface area (Å²) in [4.78, 5) is 12.5. The highest BCUT2D eigenvalue weighted by atomic mass is 35.5. The molecule has 2 unspecified atom stereocenters. The minimum atomic E-state index is -3.66. The second kappa shape index (κ2) is 8.21. The average molecular weight is 424 g/mol. The molecule has 0 aromatic heterocycles. The average Bonchev–Trinajstić information content (AvgIpc) is 2.64.